The maximum Gasteiger partial charge on any atom is 0.245 e. The van der Waals surface area contributed by atoms with Crippen LogP contribution in [-0.2, 0) is 9.59 Å². The Morgan fingerprint density at radius 2 is 1.79 bits per heavy atom. The molecule has 5 N–H and O–H groups in total. The van der Waals surface area contributed by atoms with E-state index in [1.165, 1.54) is 20.9 Å². The Hall–Kier alpha value is -1.14. The second-order valence-corrected chi connectivity index (χ2v) is 3.13. The maximum absolute atomic E-state index is 11.2. The molecule has 0 fully saturated rings. The largest absolute Gasteiger partial charge is 0.391 e. The van der Waals surface area contributed by atoms with Gasteiger partial charge in [-0.3, -0.25) is 9.59 Å². The van der Waals surface area contributed by atoms with Crippen molar-refractivity contribution in [3.8, 4) is 0 Å². The first-order valence-electron chi connectivity index (χ1n) is 4.35. The number of amides is 2. The third-order valence-corrected chi connectivity index (χ3v) is 1.72. The van der Waals surface area contributed by atoms with E-state index < -0.39 is 30.0 Å². The van der Waals surface area contributed by atoms with Gasteiger partial charge in [0.25, 0.3) is 0 Å². The van der Waals surface area contributed by atoms with Gasteiger partial charge in [-0.2, -0.15) is 0 Å². The monoisotopic (exact) mass is 203 g/mol. The van der Waals surface area contributed by atoms with Crippen molar-refractivity contribution in [1.82, 2.24) is 10.6 Å². The van der Waals surface area contributed by atoms with Crippen molar-refractivity contribution in [1.29, 1.82) is 0 Å². The highest BCUT2D eigenvalue weighted by Gasteiger charge is 2.25. The van der Waals surface area contributed by atoms with Gasteiger partial charge in [-0.05, 0) is 13.8 Å². The van der Waals surface area contributed by atoms with Gasteiger partial charge in [0.15, 0.2) is 0 Å². The third-order valence-electron chi connectivity index (χ3n) is 1.72. The van der Waals surface area contributed by atoms with Crippen LogP contribution < -0.4 is 16.4 Å². The number of rotatable bonds is 4. The summed E-state index contributed by atoms with van der Waals surface area (Å²) in [5.41, 5.74) is 5.30. The van der Waals surface area contributed by atoms with Crippen molar-refractivity contribution in [2.45, 2.75) is 32.0 Å². The molecule has 0 aromatic carbocycles. The minimum absolute atomic E-state index is 0.450. The summed E-state index contributed by atoms with van der Waals surface area (Å²) in [6, 6.07) is -1.67. The summed E-state index contributed by atoms with van der Waals surface area (Å²) in [6.45, 7) is 2.92. The van der Waals surface area contributed by atoms with E-state index in [0.717, 1.165) is 0 Å². The number of carbonyl (C=O) groups is 2. The van der Waals surface area contributed by atoms with Gasteiger partial charge in [-0.15, -0.1) is 0 Å². The van der Waals surface area contributed by atoms with E-state index in [1.54, 1.807) is 0 Å². The second kappa shape index (κ2) is 5.56. The van der Waals surface area contributed by atoms with Gasteiger partial charge in [-0.25, -0.2) is 0 Å². The highest BCUT2D eigenvalue weighted by molar-refractivity contribution is 5.89. The molecule has 14 heavy (non-hydrogen) atoms. The highest BCUT2D eigenvalue weighted by atomic mass is 16.3. The van der Waals surface area contributed by atoms with Crippen molar-refractivity contribution in [2.24, 2.45) is 5.73 Å². The van der Waals surface area contributed by atoms with Crippen LogP contribution in [0.3, 0.4) is 0 Å². The van der Waals surface area contributed by atoms with E-state index in [9.17, 15) is 14.7 Å². The Morgan fingerprint density at radius 1 is 1.29 bits per heavy atom. The normalized spacial score (nSPS) is 16.6. The Balaban J connectivity index is 4.38. The number of hydrogen-bond donors (Lipinski definition) is 4. The van der Waals surface area contributed by atoms with Crippen LogP contribution in [0.2, 0.25) is 0 Å². The number of likely N-dealkylation sites (N-methyl/N-ethyl adjacent to an activating group) is 1. The Labute approximate surface area is 82.9 Å². The predicted octanol–water partition coefficient (Wildman–Crippen LogP) is -2.05. The summed E-state index contributed by atoms with van der Waals surface area (Å²) >= 11 is 0. The summed E-state index contributed by atoms with van der Waals surface area (Å²) in [7, 11) is 1.43. The molecule has 3 atom stereocenters. The fraction of sp³-hybridized carbons (Fsp3) is 0.750. The number of aliphatic hydroxyl groups is 1. The van der Waals surface area contributed by atoms with Crippen molar-refractivity contribution in [3.05, 3.63) is 0 Å². The van der Waals surface area contributed by atoms with Gasteiger partial charge < -0.3 is 21.5 Å². The molecule has 0 bridgehead atoms. The van der Waals surface area contributed by atoms with E-state index in [0.29, 0.717) is 0 Å². The third kappa shape index (κ3) is 3.71. The molecule has 0 radical (unpaired) electrons. The molecule has 0 heterocycles. The van der Waals surface area contributed by atoms with Crippen molar-refractivity contribution in [2.75, 3.05) is 7.05 Å². The molecule has 0 saturated carbocycles. The molecule has 0 aliphatic rings. The average molecular weight is 203 g/mol. The maximum atomic E-state index is 11.2. The Kier molecular flexibility index (Phi) is 5.11. The summed E-state index contributed by atoms with van der Waals surface area (Å²) in [5.74, 6) is -0.923. The number of nitrogens with one attached hydrogen (secondary N) is 2. The Morgan fingerprint density at radius 3 is 2.07 bits per heavy atom. The van der Waals surface area contributed by atoms with Gasteiger partial charge >= 0.3 is 0 Å². The molecule has 6 heteroatoms. The Bertz CT molecular complexity index is 216. The molecule has 0 rings (SSSR count). The fourth-order valence-electron chi connectivity index (χ4n) is 0.845. The molecule has 2 amide bonds. The number of hydrogen-bond acceptors (Lipinski definition) is 4. The number of aliphatic hydroxyl groups excluding tert-OH is 1. The lowest BCUT2D eigenvalue weighted by atomic mass is 10.1. The van der Waals surface area contributed by atoms with Gasteiger partial charge in [0.05, 0.1) is 12.1 Å². The standard InChI is InChI=1S/C8H17N3O3/c1-4(9)7(13)11-6(5(2)12)8(14)10-3/h4-6,12H,9H2,1-3H3,(H,10,14)(H,11,13). The van der Waals surface area contributed by atoms with Gasteiger partial charge in [-0.1, -0.05) is 0 Å². The zero-order valence-corrected chi connectivity index (χ0v) is 8.57. The molecule has 0 aliphatic heterocycles. The van der Waals surface area contributed by atoms with Crippen LogP contribution in [0.5, 0.6) is 0 Å². The van der Waals surface area contributed by atoms with Crippen molar-refractivity contribution < 1.29 is 14.7 Å². The van der Waals surface area contributed by atoms with Crippen LogP contribution in [0.4, 0.5) is 0 Å². The van der Waals surface area contributed by atoms with Crippen LogP contribution in [0, 0.1) is 0 Å². The second-order valence-electron chi connectivity index (χ2n) is 3.13. The fourth-order valence-corrected chi connectivity index (χ4v) is 0.845. The highest BCUT2D eigenvalue weighted by Crippen LogP contribution is 1.93. The van der Waals surface area contributed by atoms with Crippen LogP contribution in [-0.4, -0.2) is 42.2 Å². The van der Waals surface area contributed by atoms with Crippen molar-refractivity contribution >= 4 is 11.8 Å². The molecule has 0 aromatic rings. The lowest BCUT2D eigenvalue weighted by molar-refractivity contribution is -0.131. The molecular weight excluding hydrogens is 186 g/mol. The summed E-state index contributed by atoms with van der Waals surface area (Å²) < 4.78 is 0. The number of carbonyl (C=O) groups excluding carboxylic acids is 2. The molecule has 0 aromatic heterocycles. The van der Waals surface area contributed by atoms with Crippen LogP contribution >= 0.6 is 0 Å². The molecule has 3 unspecified atom stereocenters. The number of nitrogens with two attached hydrogens (primary N) is 1. The smallest absolute Gasteiger partial charge is 0.245 e. The van der Waals surface area contributed by atoms with Gasteiger partial charge in [0.2, 0.25) is 11.8 Å². The first-order chi connectivity index (χ1) is 6.40. The van der Waals surface area contributed by atoms with E-state index in [2.05, 4.69) is 10.6 Å². The van der Waals surface area contributed by atoms with Gasteiger partial charge in [0, 0.05) is 7.05 Å². The zero-order chi connectivity index (χ0) is 11.3. The van der Waals surface area contributed by atoms with E-state index in [4.69, 9.17) is 5.73 Å². The van der Waals surface area contributed by atoms with E-state index >= 15 is 0 Å². The molecule has 0 spiro atoms. The zero-order valence-electron chi connectivity index (χ0n) is 8.57. The first-order valence-corrected chi connectivity index (χ1v) is 4.35. The van der Waals surface area contributed by atoms with E-state index in [-0.39, 0.29) is 0 Å². The van der Waals surface area contributed by atoms with Gasteiger partial charge in [0.1, 0.15) is 6.04 Å². The van der Waals surface area contributed by atoms with Crippen LogP contribution in [0.15, 0.2) is 0 Å². The average Bonchev–Trinajstić information content (AvgIpc) is 2.11. The SMILES string of the molecule is CNC(=O)C(NC(=O)C(C)N)C(C)O. The van der Waals surface area contributed by atoms with Crippen LogP contribution in [0.1, 0.15) is 13.8 Å². The molecule has 82 valence electrons. The summed E-state index contributed by atoms with van der Waals surface area (Å²) in [5, 5.41) is 13.9. The molecule has 0 saturated heterocycles. The molecule has 0 aliphatic carbocycles. The quantitative estimate of drug-likeness (QED) is 0.422. The van der Waals surface area contributed by atoms with Crippen molar-refractivity contribution in [3.63, 3.8) is 0 Å². The molecule has 6 nitrogen and oxygen atoms in total. The van der Waals surface area contributed by atoms with Crippen LogP contribution in [0.25, 0.3) is 0 Å². The predicted molar refractivity (Wildman–Crippen MR) is 51.3 cm³/mol. The molecular formula is C8H17N3O3. The minimum atomic E-state index is -0.961. The first kappa shape index (κ1) is 12.9. The topological polar surface area (TPSA) is 104 Å². The minimum Gasteiger partial charge on any atom is -0.391 e. The summed E-state index contributed by atoms with van der Waals surface area (Å²) in [4.78, 5) is 22.3. The summed E-state index contributed by atoms with van der Waals surface area (Å²) in [6.07, 6.45) is -0.961. The lowest BCUT2D eigenvalue weighted by Gasteiger charge is -2.20. The lowest BCUT2D eigenvalue weighted by Crippen LogP contribution is -2.54. The van der Waals surface area contributed by atoms with E-state index in [1.807, 2.05) is 0 Å².